The second-order valence-electron chi connectivity index (χ2n) is 11.7. The van der Waals surface area contributed by atoms with E-state index in [1.54, 1.807) is 50.1 Å². The molecule has 47 heavy (non-hydrogen) atoms. The maximum Gasteiger partial charge on any atom is 0.419 e. The summed E-state index contributed by atoms with van der Waals surface area (Å²) >= 11 is 0. The number of fused-ring (bicyclic) bond motifs is 4. The number of nitrogens with one attached hydrogen (secondary N) is 4. The summed E-state index contributed by atoms with van der Waals surface area (Å²) in [6, 6.07) is 2.87. The zero-order chi connectivity index (χ0) is 34.5. The van der Waals surface area contributed by atoms with Crippen LogP contribution in [-0.4, -0.2) is 58.8 Å². The average molecular weight is 661 g/mol. The first-order valence-electron chi connectivity index (χ1n) is 15.5. The number of nitrogens with zero attached hydrogens (tertiary/aromatic N) is 2. The van der Waals surface area contributed by atoms with Crippen molar-refractivity contribution < 1.29 is 36.7 Å². The number of ether oxygens (including phenoxy) is 1. The number of benzene rings is 1. The van der Waals surface area contributed by atoms with Crippen LogP contribution < -0.4 is 16.0 Å². The normalized spacial score (nSPS) is 21.8. The number of imidazole rings is 1. The Balaban J connectivity index is 1.67. The molecule has 2 aliphatic rings. The topological polar surface area (TPSA) is 128 Å². The summed E-state index contributed by atoms with van der Waals surface area (Å²) in [6.07, 6.45) is -0.231. The molecule has 14 heteroatoms. The molecule has 0 radical (unpaired) electrons. The molecule has 0 aliphatic carbocycles. The zero-order valence-corrected chi connectivity index (χ0v) is 27.0. The van der Waals surface area contributed by atoms with E-state index >= 15 is 4.39 Å². The number of urea groups is 1. The number of carbonyl (C=O) groups excluding carboxylic acids is 3. The van der Waals surface area contributed by atoms with Gasteiger partial charge in [-0.25, -0.2) is 19.0 Å². The van der Waals surface area contributed by atoms with Crippen molar-refractivity contribution in [2.24, 2.45) is 5.92 Å². The Morgan fingerprint density at radius 1 is 1.21 bits per heavy atom. The maximum absolute atomic E-state index is 15.7. The molecule has 4 N–H and O–H groups in total. The molecule has 1 aromatic heterocycles. The van der Waals surface area contributed by atoms with Crippen molar-refractivity contribution in [1.29, 1.82) is 0 Å². The number of hydrogen-bond acceptors (Lipinski definition) is 5. The Hall–Kier alpha value is -4.62. The third-order valence-corrected chi connectivity index (χ3v) is 8.52. The molecule has 1 saturated heterocycles. The van der Waals surface area contributed by atoms with Crippen molar-refractivity contribution >= 4 is 29.4 Å². The van der Waals surface area contributed by atoms with Crippen LogP contribution in [0.2, 0.25) is 0 Å². The lowest BCUT2D eigenvalue weighted by molar-refractivity contribution is -0.119. The van der Waals surface area contributed by atoms with Gasteiger partial charge in [0.25, 0.3) is 0 Å². The maximum atomic E-state index is 15.7. The number of rotatable bonds is 6. The van der Waals surface area contributed by atoms with E-state index in [-0.39, 0.29) is 30.4 Å². The number of hydrogen-bond donors (Lipinski definition) is 4. The number of anilines is 2. The van der Waals surface area contributed by atoms with Crippen LogP contribution in [0.3, 0.4) is 0 Å². The van der Waals surface area contributed by atoms with Gasteiger partial charge in [-0.05, 0) is 57.7 Å². The van der Waals surface area contributed by atoms with E-state index in [9.17, 15) is 27.6 Å². The molecule has 0 saturated carbocycles. The first-order valence-corrected chi connectivity index (χ1v) is 15.5. The molecule has 3 atom stereocenters. The highest BCUT2D eigenvalue weighted by atomic mass is 19.4. The number of aromatic nitrogens is 2. The molecule has 2 bridgehead atoms. The lowest BCUT2D eigenvalue weighted by atomic mass is 9.91. The fraction of sp³-hybridized carbons (Fsp3) is 0.455. The predicted octanol–water partition coefficient (Wildman–Crippen LogP) is 7.93. The number of aromatic amines is 1. The van der Waals surface area contributed by atoms with Crippen LogP contribution >= 0.6 is 0 Å². The van der Waals surface area contributed by atoms with Crippen LogP contribution in [0.1, 0.15) is 71.7 Å². The summed E-state index contributed by atoms with van der Waals surface area (Å²) in [5.74, 6) is -1.53. The lowest BCUT2D eigenvalue weighted by Crippen LogP contribution is -2.53. The Morgan fingerprint density at radius 2 is 1.96 bits per heavy atom. The number of H-pyrrole nitrogens is 1. The minimum Gasteiger partial charge on any atom is -0.453 e. The fourth-order valence-corrected chi connectivity index (χ4v) is 5.84. The molecule has 1 fully saturated rings. The van der Waals surface area contributed by atoms with Gasteiger partial charge in [-0.3, -0.25) is 10.1 Å². The molecule has 1 aromatic carbocycles. The molecule has 2 aromatic rings. The highest BCUT2D eigenvalue weighted by molar-refractivity contribution is 5.98. The van der Waals surface area contributed by atoms with Gasteiger partial charge in [0.15, 0.2) is 0 Å². The minimum atomic E-state index is -4.92. The summed E-state index contributed by atoms with van der Waals surface area (Å²) in [4.78, 5) is 48.0. The van der Waals surface area contributed by atoms with Crippen molar-refractivity contribution in [3.05, 3.63) is 64.9 Å². The molecular formula is C33H40F4N6O4. The second kappa shape index (κ2) is 14.9. The minimum absolute atomic E-state index is 0.130. The molecule has 3 unspecified atom stereocenters. The number of alkyl halides is 3. The Morgan fingerprint density at radius 3 is 2.60 bits per heavy atom. The number of carbonyl (C=O) groups is 3. The molecule has 10 nitrogen and oxygen atoms in total. The monoisotopic (exact) mass is 660 g/mol. The van der Waals surface area contributed by atoms with Crippen LogP contribution in [0.15, 0.2) is 59.1 Å². The van der Waals surface area contributed by atoms with Crippen LogP contribution in [0.5, 0.6) is 0 Å². The van der Waals surface area contributed by atoms with E-state index in [0.29, 0.717) is 65.8 Å². The second-order valence-corrected chi connectivity index (χ2v) is 11.7. The number of amides is 4. The highest BCUT2D eigenvalue weighted by Crippen LogP contribution is 2.38. The smallest absolute Gasteiger partial charge is 0.419 e. The predicted molar refractivity (Wildman–Crippen MR) is 170 cm³/mol. The Labute approximate surface area is 270 Å². The summed E-state index contributed by atoms with van der Waals surface area (Å²) in [5, 5.41) is 8.28. The third-order valence-electron chi connectivity index (χ3n) is 8.52. The highest BCUT2D eigenvalue weighted by Gasteiger charge is 2.40. The summed E-state index contributed by atoms with van der Waals surface area (Å²) in [7, 11) is 1.24. The summed E-state index contributed by atoms with van der Waals surface area (Å²) in [5.41, 5.74) is 0.822. The number of methoxy groups -OCH3 is 1. The van der Waals surface area contributed by atoms with E-state index in [0.717, 1.165) is 6.08 Å². The van der Waals surface area contributed by atoms with Crippen molar-refractivity contribution in [3.63, 3.8) is 0 Å². The molecule has 2 aliphatic heterocycles. The van der Waals surface area contributed by atoms with E-state index in [1.165, 1.54) is 14.0 Å². The van der Waals surface area contributed by atoms with Gasteiger partial charge < -0.3 is 25.3 Å². The van der Waals surface area contributed by atoms with Gasteiger partial charge in [0, 0.05) is 29.3 Å². The average Bonchev–Trinajstić information content (AvgIpc) is 3.51. The summed E-state index contributed by atoms with van der Waals surface area (Å²) in [6.45, 7) is 6.59. The fourth-order valence-electron chi connectivity index (χ4n) is 5.84. The van der Waals surface area contributed by atoms with Crippen LogP contribution in [0.25, 0.3) is 11.3 Å². The standard InChI is InChI=1S/C33H40F4N6O4/c1-6-9-22(33(35,36)37)28(34)27(18(3)7-2)23-14-15-43(31(45)42-23)26-11-8-10-19(4)30(44)41-24-16-20(39-32(46)47-5)12-13-21(24)25-17-38-29(26)40-25/h6,9,12-13,16-17,19,23,26H,7-8,10-11,14-15H2,1-5H3,(H,38,40)(H,39,46)(H,41,44)(H,42,45)/b9-6-,27-18+,28-22-. The van der Waals surface area contributed by atoms with Crippen molar-refractivity contribution in [2.45, 2.75) is 78.1 Å². The first-order chi connectivity index (χ1) is 22.3. The zero-order valence-electron chi connectivity index (χ0n) is 27.0. The van der Waals surface area contributed by atoms with Crippen molar-refractivity contribution in [1.82, 2.24) is 20.2 Å². The third kappa shape index (κ3) is 8.03. The van der Waals surface area contributed by atoms with Gasteiger partial charge in [0.1, 0.15) is 11.7 Å². The van der Waals surface area contributed by atoms with Gasteiger partial charge >= 0.3 is 18.3 Å². The largest absolute Gasteiger partial charge is 0.453 e. The number of halogens is 4. The molecule has 254 valence electrons. The van der Waals surface area contributed by atoms with E-state index in [2.05, 4.69) is 30.7 Å². The van der Waals surface area contributed by atoms with Gasteiger partial charge in [-0.15, -0.1) is 0 Å². The quantitative estimate of drug-likeness (QED) is 0.185. The molecule has 4 rings (SSSR count). The van der Waals surface area contributed by atoms with Gasteiger partial charge in [-0.1, -0.05) is 38.0 Å². The van der Waals surface area contributed by atoms with Crippen LogP contribution in [0, 0.1) is 5.92 Å². The Bertz CT molecular complexity index is 1600. The molecule has 0 spiro atoms. The molecular weight excluding hydrogens is 620 g/mol. The first kappa shape index (κ1) is 35.2. The summed E-state index contributed by atoms with van der Waals surface area (Å²) < 4.78 is 61.7. The lowest BCUT2D eigenvalue weighted by Gasteiger charge is -2.38. The Kier molecular flexibility index (Phi) is 11.1. The molecule has 4 amide bonds. The van der Waals surface area contributed by atoms with E-state index < -0.39 is 41.8 Å². The number of allylic oxidation sites excluding steroid dienone is 4. The van der Waals surface area contributed by atoms with E-state index in [4.69, 9.17) is 0 Å². The van der Waals surface area contributed by atoms with E-state index in [1.807, 2.05) is 0 Å². The van der Waals surface area contributed by atoms with Crippen molar-refractivity contribution in [2.75, 3.05) is 24.3 Å². The van der Waals surface area contributed by atoms with Crippen LogP contribution in [-0.2, 0) is 9.53 Å². The SMILES string of the molecule is C\C=C/C(=C(F)\C(=C(/C)CC)C1CCN(C2CCCC(C)C(=O)Nc3cc(NC(=O)OC)ccc3-c3cnc2[nH]3)C(=O)N1)C(F)(F)F. The van der Waals surface area contributed by atoms with Gasteiger partial charge in [-0.2, -0.15) is 13.2 Å². The van der Waals surface area contributed by atoms with Gasteiger partial charge in [0.05, 0.1) is 42.3 Å². The molecule has 3 heterocycles. The van der Waals surface area contributed by atoms with Crippen molar-refractivity contribution in [3.8, 4) is 11.3 Å². The van der Waals surface area contributed by atoms with Crippen LogP contribution in [0.4, 0.5) is 38.5 Å². The van der Waals surface area contributed by atoms with Gasteiger partial charge in [0.2, 0.25) is 5.91 Å².